The van der Waals surface area contributed by atoms with Gasteiger partial charge in [0.25, 0.3) is 0 Å². The minimum Gasteiger partial charge on any atom is -0.295 e. The lowest BCUT2D eigenvalue weighted by molar-refractivity contribution is -0.115. The molecule has 0 aliphatic heterocycles. The number of carbonyl (C=O) groups excluding carboxylic acids is 1. The smallest absolute Gasteiger partial charge is 0.155 e. The average Bonchev–Trinajstić information content (AvgIpc) is 2.04. The average molecular weight is 148 g/mol. The minimum absolute atomic E-state index is 0.326. The summed E-state index contributed by atoms with van der Waals surface area (Å²) in [4.78, 5) is 11.0. The predicted octanol–water partition coefficient (Wildman–Crippen LogP) is 2.24. The van der Waals surface area contributed by atoms with E-state index in [0.717, 1.165) is 25.7 Å². The molecule has 0 spiro atoms. The molecular weight excluding hydrogens is 136 g/mol. The Bertz CT molecular complexity index is 235. The van der Waals surface area contributed by atoms with Crippen LogP contribution in [0.2, 0.25) is 0 Å². The molecule has 0 saturated carbocycles. The molecule has 2 aliphatic rings. The molecule has 2 rings (SSSR count). The van der Waals surface area contributed by atoms with Crippen LogP contribution in [0, 0.1) is 5.92 Å². The maximum atomic E-state index is 11.0. The van der Waals surface area contributed by atoms with E-state index < -0.39 is 0 Å². The van der Waals surface area contributed by atoms with Gasteiger partial charge in [0.15, 0.2) is 5.78 Å². The third kappa shape index (κ3) is 1.28. The zero-order chi connectivity index (χ0) is 7.68. The van der Waals surface area contributed by atoms with Crippen LogP contribution >= 0.6 is 0 Å². The molecule has 0 amide bonds. The normalized spacial score (nSPS) is 29.6. The minimum atomic E-state index is 0.326. The molecule has 11 heavy (non-hydrogen) atoms. The quantitative estimate of drug-likeness (QED) is 0.481. The van der Waals surface area contributed by atoms with Crippen molar-refractivity contribution in [3.05, 3.63) is 23.8 Å². The first kappa shape index (κ1) is 6.84. The van der Waals surface area contributed by atoms with Gasteiger partial charge in [0, 0.05) is 6.42 Å². The van der Waals surface area contributed by atoms with Crippen molar-refractivity contribution in [1.82, 2.24) is 0 Å². The van der Waals surface area contributed by atoms with Crippen LogP contribution in [0.25, 0.3) is 0 Å². The summed E-state index contributed by atoms with van der Waals surface area (Å²) in [6, 6.07) is 0. The van der Waals surface area contributed by atoms with Gasteiger partial charge in [-0.3, -0.25) is 4.79 Å². The summed E-state index contributed by atoms with van der Waals surface area (Å²) in [5.74, 6) is 1.02. The molecule has 1 nitrogen and oxygen atoms in total. The first-order valence-electron chi connectivity index (χ1n) is 4.24. The Hall–Kier alpha value is -0.850. The number of allylic oxidation sites excluding steroid dienone is 4. The van der Waals surface area contributed by atoms with Crippen molar-refractivity contribution in [3.8, 4) is 0 Å². The highest BCUT2D eigenvalue weighted by Crippen LogP contribution is 2.31. The van der Waals surface area contributed by atoms with E-state index in [4.69, 9.17) is 0 Å². The zero-order valence-electron chi connectivity index (χ0n) is 6.55. The molecule has 2 aliphatic carbocycles. The molecule has 1 heteroatoms. The Labute approximate surface area is 66.8 Å². The van der Waals surface area contributed by atoms with E-state index >= 15 is 0 Å². The van der Waals surface area contributed by atoms with Crippen LogP contribution in [0.1, 0.15) is 25.7 Å². The first-order valence-corrected chi connectivity index (χ1v) is 4.24. The lowest BCUT2D eigenvalue weighted by Crippen LogP contribution is -2.15. The zero-order valence-corrected chi connectivity index (χ0v) is 6.55. The lowest BCUT2D eigenvalue weighted by atomic mass is 9.80. The van der Waals surface area contributed by atoms with Crippen molar-refractivity contribution in [2.24, 2.45) is 5.92 Å². The Morgan fingerprint density at radius 3 is 3.18 bits per heavy atom. The molecule has 58 valence electrons. The number of fused-ring (bicyclic) bond motifs is 1. The van der Waals surface area contributed by atoms with Crippen molar-refractivity contribution in [3.63, 3.8) is 0 Å². The molecule has 0 bridgehead atoms. The number of ketones is 1. The van der Waals surface area contributed by atoms with Crippen LogP contribution in [0.5, 0.6) is 0 Å². The maximum Gasteiger partial charge on any atom is 0.155 e. The highest BCUT2D eigenvalue weighted by Gasteiger charge is 2.21. The van der Waals surface area contributed by atoms with E-state index in [-0.39, 0.29) is 0 Å². The van der Waals surface area contributed by atoms with Crippen molar-refractivity contribution >= 4 is 5.78 Å². The fourth-order valence-electron chi connectivity index (χ4n) is 1.87. The molecule has 0 radical (unpaired) electrons. The van der Waals surface area contributed by atoms with E-state index in [1.165, 1.54) is 5.57 Å². The van der Waals surface area contributed by atoms with Crippen molar-refractivity contribution in [2.45, 2.75) is 25.7 Å². The van der Waals surface area contributed by atoms with Gasteiger partial charge in [-0.05, 0) is 31.3 Å². The molecule has 0 aromatic carbocycles. The van der Waals surface area contributed by atoms with Gasteiger partial charge in [-0.1, -0.05) is 17.7 Å². The second-order valence-electron chi connectivity index (χ2n) is 3.33. The van der Waals surface area contributed by atoms with Crippen LogP contribution in [-0.4, -0.2) is 5.78 Å². The lowest BCUT2D eigenvalue weighted by Gasteiger charge is -2.24. The fourth-order valence-corrected chi connectivity index (χ4v) is 1.87. The Balaban J connectivity index is 2.24. The van der Waals surface area contributed by atoms with E-state index in [1.54, 1.807) is 0 Å². The second-order valence-corrected chi connectivity index (χ2v) is 3.33. The Kier molecular flexibility index (Phi) is 1.65. The summed E-state index contributed by atoms with van der Waals surface area (Å²) in [6.07, 6.45) is 10.3. The van der Waals surface area contributed by atoms with E-state index in [2.05, 4.69) is 12.2 Å². The maximum absolute atomic E-state index is 11.0. The van der Waals surface area contributed by atoms with Gasteiger partial charge in [-0.15, -0.1) is 0 Å². The molecule has 0 aromatic heterocycles. The van der Waals surface area contributed by atoms with Crippen molar-refractivity contribution < 1.29 is 4.79 Å². The van der Waals surface area contributed by atoms with Crippen LogP contribution in [0.4, 0.5) is 0 Å². The van der Waals surface area contributed by atoms with Crippen LogP contribution < -0.4 is 0 Å². The van der Waals surface area contributed by atoms with Gasteiger partial charge in [-0.25, -0.2) is 0 Å². The summed E-state index contributed by atoms with van der Waals surface area (Å²) in [6.45, 7) is 0. The summed E-state index contributed by atoms with van der Waals surface area (Å²) in [5.41, 5.74) is 1.36. The van der Waals surface area contributed by atoms with Gasteiger partial charge in [-0.2, -0.15) is 0 Å². The topological polar surface area (TPSA) is 17.1 Å². The van der Waals surface area contributed by atoms with Crippen LogP contribution in [0.3, 0.4) is 0 Å². The summed E-state index contributed by atoms with van der Waals surface area (Å²) in [7, 11) is 0. The highest BCUT2D eigenvalue weighted by atomic mass is 16.1. The second kappa shape index (κ2) is 2.65. The number of carbonyl (C=O) groups is 1. The summed E-state index contributed by atoms with van der Waals surface area (Å²) >= 11 is 0. The molecule has 0 aromatic rings. The largest absolute Gasteiger partial charge is 0.295 e. The Morgan fingerprint density at radius 2 is 2.27 bits per heavy atom. The number of rotatable bonds is 0. The van der Waals surface area contributed by atoms with Gasteiger partial charge >= 0.3 is 0 Å². The van der Waals surface area contributed by atoms with Gasteiger partial charge in [0.2, 0.25) is 0 Å². The van der Waals surface area contributed by atoms with E-state index in [9.17, 15) is 4.79 Å². The van der Waals surface area contributed by atoms with E-state index in [0.29, 0.717) is 11.7 Å². The van der Waals surface area contributed by atoms with Gasteiger partial charge < -0.3 is 0 Å². The van der Waals surface area contributed by atoms with Crippen molar-refractivity contribution in [1.29, 1.82) is 0 Å². The van der Waals surface area contributed by atoms with Crippen molar-refractivity contribution in [2.75, 3.05) is 0 Å². The van der Waals surface area contributed by atoms with Gasteiger partial charge in [0.05, 0.1) is 0 Å². The predicted molar refractivity (Wildman–Crippen MR) is 44.2 cm³/mol. The Morgan fingerprint density at radius 1 is 1.36 bits per heavy atom. The SMILES string of the molecule is O=C1C=C2CC=CC[C@H]2CC1. The third-order valence-corrected chi connectivity index (χ3v) is 2.55. The standard InChI is InChI=1S/C10H12O/c11-10-6-5-8-3-1-2-4-9(8)7-10/h1-2,7-8H,3-6H2/t8-/m0/s1. The molecule has 0 N–H and O–H groups in total. The summed E-state index contributed by atoms with van der Waals surface area (Å²) in [5, 5.41) is 0. The third-order valence-electron chi connectivity index (χ3n) is 2.55. The molecule has 0 saturated heterocycles. The number of hydrogen-bond donors (Lipinski definition) is 0. The number of hydrogen-bond acceptors (Lipinski definition) is 1. The molecular formula is C10H12O. The molecule has 0 unspecified atom stereocenters. The van der Waals surface area contributed by atoms with Gasteiger partial charge in [0.1, 0.15) is 0 Å². The first-order chi connectivity index (χ1) is 5.36. The monoisotopic (exact) mass is 148 g/mol. The molecule has 0 fully saturated rings. The van der Waals surface area contributed by atoms with Crippen LogP contribution in [0.15, 0.2) is 23.8 Å². The molecule has 1 atom stereocenters. The van der Waals surface area contributed by atoms with Crippen LogP contribution in [-0.2, 0) is 4.79 Å². The van der Waals surface area contributed by atoms with E-state index in [1.807, 2.05) is 6.08 Å². The molecule has 0 heterocycles. The fraction of sp³-hybridized carbons (Fsp3) is 0.500. The summed E-state index contributed by atoms with van der Waals surface area (Å²) < 4.78 is 0. The highest BCUT2D eigenvalue weighted by molar-refractivity contribution is 5.91.